The Morgan fingerprint density at radius 2 is 1.90 bits per heavy atom. The summed E-state index contributed by atoms with van der Waals surface area (Å²) in [5.74, 6) is -0.773. The second kappa shape index (κ2) is 6.92. The smallest absolute Gasteiger partial charge is 0.319 e. The Hall–Kier alpha value is -1.30. The highest BCUT2D eigenvalue weighted by Crippen LogP contribution is 2.35. The van der Waals surface area contributed by atoms with Gasteiger partial charge in [0.05, 0.1) is 5.41 Å². The molecule has 1 saturated heterocycles. The van der Waals surface area contributed by atoms with Crippen molar-refractivity contribution in [3.8, 4) is 0 Å². The van der Waals surface area contributed by atoms with Crippen LogP contribution in [0.2, 0.25) is 0 Å². The monoisotopic (exact) mass is 285 g/mol. The molecule has 0 saturated carbocycles. The number of carboxylic acids is 1. The number of likely N-dealkylation sites (tertiary alicyclic amines) is 1. The molecule has 6 nitrogen and oxygen atoms in total. The van der Waals surface area contributed by atoms with Gasteiger partial charge >= 0.3 is 12.0 Å². The molecule has 0 radical (unpaired) electrons. The quantitative estimate of drug-likeness (QED) is 0.796. The van der Waals surface area contributed by atoms with Crippen molar-refractivity contribution in [2.75, 3.05) is 47.3 Å². The van der Waals surface area contributed by atoms with Gasteiger partial charge in [0, 0.05) is 33.2 Å². The lowest BCUT2D eigenvalue weighted by atomic mass is 9.83. The van der Waals surface area contributed by atoms with Crippen molar-refractivity contribution >= 4 is 12.0 Å². The molecule has 1 heterocycles. The predicted molar refractivity (Wildman–Crippen MR) is 77.7 cm³/mol. The van der Waals surface area contributed by atoms with E-state index in [1.165, 1.54) is 0 Å². The van der Waals surface area contributed by atoms with Gasteiger partial charge in [-0.2, -0.15) is 0 Å². The van der Waals surface area contributed by atoms with Crippen molar-refractivity contribution in [1.82, 2.24) is 14.7 Å². The Kier molecular flexibility index (Phi) is 5.80. The van der Waals surface area contributed by atoms with E-state index in [-0.39, 0.29) is 6.03 Å². The number of rotatable bonds is 6. The van der Waals surface area contributed by atoms with Gasteiger partial charge in [-0.3, -0.25) is 4.79 Å². The number of hydrogen-bond acceptors (Lipinski definition) is 3. The van der Waals surface area contributed by atoms with Gasteiger partial charge in [0.25, 0.3) is 0 Å². The summed E-state index contributed by atoms with van der Waals surface area (Å²) in [5.41, 5.74) is -0.743. The average molecular weight is 285 g/mol. The van der Waals surface area contributed by atoms with Crippen molar-refractivity contribution in [2.24, 2.45) is 5.41 Å². The zero-order valence-corrected chi connectivity index (χ0v) is 13.1. The molecule has 0 aromatic rings. The van der Waals surface area contributed by atoms with Crippen LogP contribution in [0.1, 0.15) is 26.2 Å². The summed E-state index contributed by atoms with van der Waals surface area (Å²) in [4.78, 5) is 29.2. The van der Waals surface area contributed by atoms with Gasteiger partial charge in [-0.25, -0.2) is 4.79 Å². The number of carbonyl (C=O) groups excluding carboxylic acids is 1. The molecule has 1 fully saturated rings. The van der Waals surface area contributed by atoms with Gasteiger partial charge < -0.3 is 19.8 Å². The van der Waals surface area contributed by atoms with Crippen molar-refractivity contribution in [3.05, 3.63) is 0 Å². The first-order chi connectivity index (χ1) is 9.32. The molecular weight excluding hydrogens is 258 g/mol. The highest BCUT2D eigenvalue weighted by atomic mass is 16.4. The normalized spacial score (nSPS) is 22.4. The maximum absolute atomic E-state index is 12.3. The molecule has 6 heteroatoms. The van der Waals surface area contributed by atoms with Gasteiger partial charge in [0.1, 0.15) is 0 Å². The van der Waals surface area contributed by atoms with Crippen LogP contribution in [-0.2, 0) is 4.79 Å². The van der Waals surface area contributed by atoms with Crippen molar-refractivity contribution < 1.29 is 14.7 Å². The molecule has 0 bridgehead atoms. The van der Waals surface area contributed by atoms with E-state index >= 15 is 0 Å². The Labute approximate surface area is 121 Å². The summed E-state index contributed by atoms with van der Waals surface area (Å²) in [6, 6.07) is -0.0638. The Bertz CT molecular complexity index is 360. The lowest BCUT2D eigenvalue weighted by Gasteiger charge is -2.28. The number of carboxylic acid groups (broad SMARTS) is 1. The minimum atomic E-state index is -0.773. The number of amides is 2. The van der Waals surface area contributed by atoms with Crippen LogP contribution in [-0.4, -0.2) is 79.1 Å². The fourth-order valence-electron chi connectivity index (χ4n) is 2.69. The molecule has 1 atom stereocenters. The van der Waals surface area contributed by atoms with Gasteiger partial charge in [-0.15, -0.1) is 0 Å². The highest BCUT2D eigenvalue weighted by molar-refractivity contribution is 5.79. The summed E-state index contributed by atoms with van der Waals surface area (Å²) in [6.45, 7) is 4.31. The lowest BCUT2D eigenvalue weighted by Crippen LogP contribution is -2.44. The maximum Gasteiger partial charge on any atom is 0.319 e. The van der Waals surface area contributed by atoms with Crippen molar-refractivity contribution in [1.29, 1.82) is 0 Å². The minimum absolute atomic E-state index is 0.0638. The van der Waals surface area contributed by atoms with Gasteiger partial charge in [0.15, 0.2) is 0 Å². The van der Waals surface area contributed by atoms with Crippen molar-refractivity contribution in [2.45, 2.75) is 26.2 Å². The minimum Gasteiger partial charge on any atom is -0.481 e. The fourth-order valence-corrected chi connectivity index (χ4v) is 2.69. The molecular formula is C14H27N3O3. The maximum atomic E-state index is 12.3. The third kappa shape index (κ3) is 3.85. The third-order valence-electron chi connectivity index (χ3n) is 4.02. The largest absolute Gasteiger partial charge is 0.481 e. The summed E-state index contributed by atoms with van der Waals surface area (Å²) in [6.07, 6.45) is 2.02. The topological polar surface area (TPSA) is 64.1 Å². The lowest BCUT2D eigenvalue weighted by molar-refractivity contribution is -0.148. The van der Waals surface area contributed by atoms with E-state index in [4.69, 9.17) is 0 Å². The number of carbonyl (C=O) groups is 2. The number of urea groups is 1. The van der Waals surface area contributed by atoms with E-state index in [1.54, 1.807) is 16.8 Å². The van der Waals surface area contributed by atoms with E-state index < -0.39 is 11.4 Å². The number of hydrogen-bond donors (Lipinski definition) is 1. The van der Waals surface area contributed by atoms with Gasteiger partial charge in [0.2, 0.25) is 0 Å². The Morgan fingerprint density at radius 1 is 1.25 bits per heavy atom. The van der Waals surface area contributed by atoms with E-state index in [9.17, 15) is 14.7 Å². The summed E-state index contributed by atoms with van der Waals surface area (Å²) in [7, 11) is 5.70. The van der Waals surface area contributed by atoms with E-state index in [2.05, 4.69) is 0 Å². The molecule has 0 aromatic carbocycles. The van der Waals surface area contributed by atoms with Gasteiger partial charge in [-0.05, 0) is 26.9 Å². The Morgan fingerprint density at radius 3 is 2.40 bits per heavy atom. The van der Waals surface area contributed by atoms with Crippen LogP contribution in [0.25, 0.3) is 0 Å². The fraction of sp³-hybridized carbons (Fsp3) is 0.857. The highest BCUT2D eigenvalue weighted by Gasteiger charge is 2.45. The molecule has 0 aromatic heterocycles. The second-order valence-electron chi connectivity index (χ2n) is 6.01. The average Bonchev–Trinajstić information content (AvgIpc) is 2.81. The van der Waals surface area contributed by atoms with Crippen LogP contribution in [0.15, 0.2) is 0 Å². The van der Waals surface area contributed by atoms with E-state index in [1.807, 2.05) is 25.9 Å². The molecule has 1 aliphatic heterocycles. The van der Waals surface area contributed by atoms with Crippen LogP contribution >= 0.6 is 0 Å². The van der Waals surface area contributed by atoms with E-state index in [0.29, 0.717) is 32.5 Å². The standard InChI is InChI=1S/C14H27N3O3/c1-5-6-14(12(18)19)7-8-17(11-14)13(20)16(4)10-9-15(2)3/h5-11H2,1-4H3,(H,18,19). The molecule has 1 unspecified atom stereocenters. The summed E-state index contributed by atoms with van der Waals surface area (Å²) >= 11 is 0. The van der Waals surface area contributed by atoms with Crippen LogP contribution < -0.4 is 0 Å². The Balaban J connectivity index is 2.61. The molecule has 116 valence electrons. The molecule has 20 heavy (non-hydrogen) atoms. The number of nitrogens with zero attached hydrogens (tertiary/aromatic N) is 3. The molecule has 1 aliphatic rings. The van der Waals surface area contributed by atoms with Crippen LogP contribution in [0.4, 0.5) is 4.79 Å². The van der Waals surface area contributed by atoms with Crippen LogP contribution in [0.5, 0.6) is 0 Å². The first kappa shape index (κ1) is 16.8. The first-order valence-electron chi connectivity index (χ1n) is 7.20. The number of likely N-dealkylation sites (N-methyl/N-ethyl adjacent to an activating group) is 2. The zero-order chi connectivity index (χ0) is 15.3. The van der Waals surface area contributed by atoms with Crippen LogP contribution in [0, 0.1) is 5.41 Å². The molecule has 2 amide bonds. The third-order valence-corrected chi connectivity index (χ3v) is 4.02. The summed E-state index contributed by atoms with van der Waals surface area (Å²) < 4.78 is 0. The molecule has 1 N–H and O–H groups in total. The zero-order valence-electron chi connectivity index (χ0n) is 13.1. The molecule has 0 aliphatic carbocycles. The first-order valence-corrected chi connectivity index (χ1v) is 7.20. The molecule has 1 rings (SSSR count). The van der Waals surface area contributed by atoms with Gasteiger partial charge in [-0.1, -0.05) is 13.3 Å². The number of aliphatic carboxylic acids is 1. The predicted octanol–water partition coefficient (Wildman–Crippen LogP) is 1.18. The second-order valence-corrected chi connectivity index (χ2v) is 6.01. The van der Waals surface area contributed by atoms with Crippen LogP contribution in [0.3, 0.4) is 0 Å². The summed E-state index contributed by atoms with van der Waals surface area (Å²) in [5, 5.41) is 9.45. The van der Waals surface area contributed by atoms with Crippen molar-refractivity contribution in [3.63, 3.8) is 0 Å². The SMILES string of the molecule is CCCC1(C(=O)O)CCN(C(=O)N(C)CCN(C)C)C1. The molecule has 0 spiro atoms. The van der Waals surface area contributed by atoms with E-state index in [0.717, 1.165) is 13.0 Å².